The number of hydrogen-bond donors (Lipinski definition) is 7. The van der Waals surface area contributed by atoms with Crippen LogP contribution in [0.1, 0.15) is 27.2 Å². The minimum Gasteiger partial charge on any atom is -0.480 e. The lowest BCUT2D eigenvalue weighted by Crippen LogP contribution is -2.58. The largest absolute Gasteiger partial charge is 0.480 e. The Bertz CT molecular complexity index is 583. The van der Waals surface area contributed by atoms with Crippen molar-refractivity contribution in [1.82, 2.24) is 16.0 Å². The van der Waals surface area contributed by atoms with Crippen LogP contribution < -0.4 is 27.4 Å². The first kappa shape index (κ1) is 24.7. The number of primary amides is 1. The van der Waals surface area contributed by atoms with Crippen molar-refractivity contribution in [2.75, 3.05) is 5.75 Å². The zero-order chi connectivity index (χ0) is 21.3. The molecule has 0 radical (unpaired) electrons. The van der Waals surface area contributed by atoms with Gasteiger partial charge in [0.1, 0.15) is 18.1 Å². The fourth-order valence-electron chi connectivity index (χ4n) is 1.95. The molecule has 0 aromatic heterocycles. The molecular weight excluding hydrogens is 378 g/mol. The number of hydrogen-bond acceptors (Lipinski definition) is 7. The van der Waals surface area contributed by atoms with Crippen molar-refractivity contribution in [1.29, 1.82) is 0 Å². The fraction of sp³-hybridized carbons (Fsp3) is 0.667. The van der Waals surface area contributed by atoms with Crippen molar-refractivity contribution in [2.24, 2.45) is 17.4 Å². The second kappa shape index (κ2) is 11.4. The van der Waals surface area contributed by atoms with Gasteiger partial charge in [0.05, 0.1) is 12.5 Å². The quantitative estimate of drug-likeness (QED) is 0.182. The summed E-state index contributed by atoms with van der Waals surface area (Å²) < 4.78 is 0. The van der Waals surface area contributed by atoms with Gasteiger partial charge in [-0.25, -0.2) is 4.79 Å². The molecule has 0 aliphatic rings. The molecular formula is C15H27N5O6S. The Kier molecular flexibility index (Phi) is 10.4. The van der Waals surface area contributed by atoms with Gasteiger partial charge >= 0.3 is 5.97 Å². The van der Waals surface area contributed by atoms with Gasteiger partial charge in [-0.05, 0) is 12.8 Å². The number of thiol groups is 1. The van der Waals surface area contributed by atoms with Crippen LogP contribution in [0.4, 0.5) is 0 Å². The number of nitrogens with two attached hydrogens (primary N) is 2. The van der Waals surface area contributed by atoms with Gasteiger partial charge in [-0.1, -0.05) is 13.8 Å². The van der Waals surface area contributed by atoms with Crippen LogP contribution in [0.15, 0.2) is 0 Å². The Hall–Kier alpha value is -2.34. The van der Waals surface area contributed by atoms with Crippen LogP contribution in [0, 0.1) is 5.92 Å². The predicted molar refractivity (Wildman–Crippen MR) is 99.6 cm³/mol. The molecule has 27 heavy (non-hydrogen) atoms. The van der Waals surface area contributed by atoms with Gasteiger partial charge in [-0.3, -0.25) is 19.2 Å². The average Bonchev–Trinajstić information content (AvgIpc) is 2.55. The summed E-state index contributed by atoms with van der Waals surface area (Å²) in [6.45, 7) is 4.84. The summed E-state index contributed by atoms with van der Waals surface area (Å²) in [5, 5.41) is 16.0. The lowest BCUT2D eigenvalue weighted by Gasteiger charge is -2.25. The molecule has 0 bridgehead atoms. The van der Waals surface area contributed by atoms with Crippen molar-refractivity contribution in [2.45, 2.75) is 51.4 Å². The Morgan fingerprint density at radius 2 is 1.44 bits per heavy atom. The molecule has 8 N–H and O–H groups in total. The summed E-state index contributed by atoms with van der Waals surface area (Å²) in [7, 11) is 0. The fourth-order valence-corrected chi connectivity index (χ4v) is 2.21. The smallest absolute Gasteiger partial charge is 0.326 e. The summed E-state index contributed by atoms with van der Waals surface area (Å²) in [6.07, 6.45) is -0.604. The van der Waals surface area contributed by atoms with Crippen LogP contribution in [0.3, 0.4) is 0 Å². The van der Waals surface area contributed by atoms with E-state index in [1.165, 1.54) is 6.92 Å². The first-order chi connectivity index (χ1) is 12.4. The molecule has 11 nitrogen and oxygen atoms in total. The highest BCUT2D eigenvalue weighted by Gasteiger charge is 2.31. The molecule has 4 amide bonds. The van der Waals surface area contributed by atoms with E-state index in [1.54, 1.807) is 13.8 Å². The van der Waals surface area contributed by atoms with Gasteiger partial charge in [-0.2, -0.15) is 12.6 Å². The van der Waals surface area contributed by atoms with Crippen LogP contribution in [0.25, 0.3) is 0 Å². The Balaban J connectivity index is 5.12. The van der Waals surface area contributed by atoms with E-state index in [4.69, 9.17) is 16.6 Å². The summed E-state index contributed by atoms with van der Waals surface area (Å²) in [5.41, 5.74) is 10.4. The van der Waals surface area contributed by atoms with Crippen molar-refractivity contribution in [3.8, 4) is 0 Å². The van der Waals surface area contributed by atoms with E-state index in [2.05, 4.69) is 28.6 Å². The van der Waals surface area contributed by atoms with Gasteiger partial charge in [0, 0.05) is 5.75 Å². The van der Waals surface area contributed by atoms with Gasteiger partial charge < -0.3 is 32.5 Å². The summed E-state index contributed by atoms with van der Waals surface area (Å²) in [4.78, 5) is 58.4. The van der Waals surface area contributed by atoms with E-state index in [9.17, 15) is 24.0 Å². The standard InChI is InChI=1S/C15H27N5O6S/c1-6(2)11(20-12(22)7(3)16)14(24)19-9(5-27)13(23)18-8(15(25)26)4-10(17)21/h6-9,11,27H,4-5,16H2,1-3H3,(H2,17,21)(H,18,23)(H,19,24)(H,20,22)(H,25,26). The average molecular weight is 405 g/mol. The number of carboxylic acid groups (broad SMARTS) is 1. The second-order valence-electron chi connectivity index (χ2n) is 6.33. The van der Waals surface area contributed by atoms with Crippen LogP contribution in [-0.4, -0.2) is 64.6 Å². The van der Waals surface area contributed by atoms with Crippen molar-refractivity contribution in [3.63, 3.8) is 0 Å². The Morgan fingerprint density at radius 3 is 1.81 bits per heavy atom. The van der Waals surface area contributed by atoms with Crippen molar-refractivity contribution in [3.05, 3.63) is 0 Å². The molecule has 0 aromatic carbocycles. The normalized spacial score (nSPS) is 15.2. The van der Waals surface area contributed by atoms with Crippen LogP contribution in [0.5, 0.6) is 0 Å². The van der Waals surface area contributed by atoms with Crippen LogP contribution in [0.2, 0.25) is 0 Å². The zero-order valence-corrected chi connectivity index (χ0v) is 16.3. The number of amides is 4. The SMILES string of the molecule is CC(N)C(=O)NC(C(=O)NC(CS)C(=O)NC(CC(N)=O)C(=O)O)C(C)C. The van der Waals surface area contributed by atoms with Gasteiger partial charge in [-0.15, -0.1) is 0 Å². The first-order valence-electron chi connectivity index (χ1n) is 8.19. The lowest BCUT2D eigenvalue weighted by atomic mass is 10.0. The third-order valence-corrected chi connectivity index (χ3v) is 3.86. The Morgan fingerprint density at radius 1 is 0.926 bits per heavy atom. The summed E-state index contributed by atoms with van der Waals surface area (Å²) in [5.74, 6) is -4.86. The molecule has 0 fully saturated rings. The minimum absolute atomic E-state index is 0.146. The summed E-state index contributed by atoms with van der Waals surface area (Å²) in [6, 6.07) is -4.51. The number of rotatable bonds is 11. The number of carbonyl (C=O) groups is 5. The van der Waals surface area contributed by atoms with Crippen LogP contribution in [-0.2, 0) is 24.0 Å². The maximum Gasteiger partial charge on any atom is 0.326 e. The topological polar surface area (TPSA) is 194 Å². The molecule has 0 spiro atoms. The molecule has 0 rings (SSSR count). The Labute approximate surface area is 162 Å². The maximum atomic E-state index is 12.4. The zero-order valence-electron chi connectivity index (χ0n) is 15.4. The summed E-state index contributed by atoms with van der Waals surface area (Å²) >= 11 is 3.97. The maximum absolute atomic E-state index is 12.4. The number of carboxylic acids is 1. The predicted octanol–water partition coefficient (Wildman–Crippen LogP) is -2.67. The second-order valence-corrected chi connectivity index (χ2v) is 6.70. The number of nitrogens with one attached hydrogen (secondary N) is 3. The molecule has 4 atom stereocenters. The van der Waals surface area contributed by atoms with E-state index >= 15 is 0 Å². The molecule has 0 aliphatic heterocycles. The molecule has 0 saturated carbocycles. The van der Waals surface area contributed by atoms with Gasteiger partial charge in [0.25, 0.3) is 0 Å². The molecule has 0 heterocycles. The monoisotopic (exact) mass is 405 g/mol. The molecule has 0 aliphatic carbocycles. The third-order valence-electron chi connectivity index (χ3n) is 3.50. The van der Waals surface area contributed by atoms with Crippen molar-refractivity contribution >= 4 is 42.2 Å². The molecule has 0 aromatic rings. The number of aliphatic carboxylic acids is 1. The van der Waals surface area contributed by atoms with E-state index in [-0.39, 0.29) is 11.7 Å². The molecule has 154 valence electrons. The first-order valence-corrected chi connectivity index (χ1v) is 8.82. The lowest BCUT2D eigenvalue weighted by molar-refractivity contribution is -0.143. The van der Waals surface area contributed by atoms with E-state index < -0.39 is 60.2 Å². The van der Waals surface area contributed by atoms with Gasteiger partial charge in [0.15, 0.2) is 0 Å². The molecule has 0 saturated heterocycles. The third kappa shape index (κ3) is 8.73. The number of carbonyl (C=O) groups excluding carboxylic acids is 4. The highest BCUT2D eigenvalue weighted by molar-refractivity contribution is 7.80. The van der Waals surface area contributed by atoms with Gasteiger partial charge in [0.2, 0.25) is 23.6 Å². The highest BCUT2D eigenvalue weighted by atomic mass is 32.1. The van der Waals surface area contributed by atoms with E-state index in [0.29, 0.717) is 0 Å². The minimum atomic E-state index is -1.53. The molecule has 4 unspecified atom stereocenters. The van der Waals surface area contributed by atoms with E-state index in [0.717, 1.165) is 0 Å². The van der Waals surface area contributed by atoms with Crippen LogP contribution >= 0.6 is 12.6 Å². The van der Waals surface area contributed by atoms with Crippen molar-refractivity contribution < 1.29 is 29.1 Å². The highest BCUT2D eigenvalue weighted by Crippen LogP contribution is 2.04. The molecule has 12 heteroatoms. The van der Waals surface area contributed by atoms with E-state index in [1.807, 2.05) is 0 Å².